The molecule has 1 aliphatic heterocycles. The lowest BCUT2D eigenvalue weighted by Crippen LogP contribution is -2.57. The van der Waals surface area contributed by atoms with Gasteiger partial charge in [-0.05, 0) is 12.5 Å². The molecule has 0 saturated carbocycles. The monoisotopic (exact) mass is 360 g/mol. The van der Waals surface area contributed by atoms with Crippen molar-refractivity contribution in [2.45, 2.75) is 19.1 Å². The molecule has 1 atom stereocenters. The molecule has 1 aromatic rings. The Morgan fingerprint density at radius 2 is 2.04 bits per heavy atom. The number of hydrogen-bond donors (Lipinski definition) is 2. The molecular formula is C15H19F3N4O3. The fourth-order valence-electron chi connectivity index (χ4n) is 2.70. The zero-order valence-corrected chi connectivity index (χ0v) is 13.6. The number of nitro groups is 1. The maximum Gasteiger partial charge on any atom is 0.405 e. The average molecular weight is 360 g/mol. The first-order valence-electron chi connectivity index (χ1n) is 7.75. The van der Waals surface area contributed by atoms with Gasteiger partial charge >= 0.3 is 6.18 Å². The summed E-state index contributed by atoms with van der Waals surface area (Å²) in [5.74, 6) is -0.759. The fraction of sp³-hybridized carbons (Fsp3) is 0.533. The van der Waals surface area contributed by atoms with Gasteiger partial charge in [0.2, 0.25) is 0 Å². The average Bonchev–Trinajstić information content (AvgIpc) is 2.54. The second-order valence-electron chi connectivity index (χ2n) is 5.81. The molecule has 1 aliphatic rings. The van der Waals surface area contributed by atoms with Crippen LogP contribution < -0.4 is 10.6 Å². The summed E-state index contributed by atoms with van der Waals surface area (Å²) in [5.41, 5.74) is 0.162. The van der Waals surface area contributed by atoms with Crippen LogP contribution >= 0.6 is 0 Å². The SMILES string of the molecule is Cc1ccc([N+](=O)[O-])cc1C(=O)NCC(N1CCNCC1)C(F)(F)F. The van der Waals surface area contributed by atoms with Crippen LogP contribution in [-0.2, 0) is 0 Å². The molecule has 1 heterocycles. The van der Waals surface area contributed by atoms with Gasteiger partial charge in [-0.3, -0.25) is 19.8 Å². The van der Waals surface area contributed by atoms with Crippen LogP contribution in [0.25, 0.3) is 0 Å². The second-order valence-corrected chi connectivity index (χ2v) is 5.81. The van der Waals surface area contributed by atoms with Crippen LogP contribution in [0.3, 0.4) is 0 Å². The highest BCUT2D eigenvalue weighted by atomic mass is 19.4. The lowest BCUT2D eigenvalue weighted by Gasteiger charge is -2.35. The van der Waals surface area contributed by atoms with E-state index in [1.165, 1.54) is 17.0 Å². The quantitative estimate of drug-likeness (QED) is 0.613. The highest BCUT2D eigenvalue weighted by molar-refractivity contribution is 5.96. The third-order valence-electron chi connectivity index (χ3n) is 4.10. The van der Waals surface area contributed by atoms with Crippen molar-refractivity contribution in [2.24, 2.45) is 0 Å². The van der Waals surface area contributed by atoms with E-state index in [9.17, 15) is 28.1 Å². The predicted octanol–water partition coefficient (Wildman–Crippen LogP) is 1.47. The summed E-state index contributed by atoms with van der Waals surface area (Å²) in [5, 5.41) is 16.0. The Balaban J connectivity index is 2.10. The second kappa shape index (κ2) is 7.79. The third kappa shape index (κ3) is 4.89. The zero-order valence-electron chi connectivity index (χ0n) is 13.6. The van der Waals surface area contributed by atoms with Gasteiger partial charge in [0.1, 0.15) is 6.04 Å². The van der Waals surface area contributed by atoms with E-state index in [0.29, 0.717) is 18.7 Å². The van der Waals surface area contributed by atoms with Crippen molar-refractivity contribution in [1.29, 1.82) is 0 Å². The van der Waals surface area contributed by atoms with E-state index in [-0.39, 0.29) is 24.3 Å². The molecule has 0 aromatic heterocycles. The summed E-state index contributed by atoms with van der Waals surface area (Å²) in [6.45, 7) is 2.32. The third-order valence-corrected chi connectivity index (χ3v) is 4.10. The molecule has 2 N–H and O–H groups in total. The van der Waals surface area contributed by atoms with Gasteiger partial charge in [0.15, 0.2) is 0 Å². The van der Waals surface area contributed by atoms with Crippen molar-refractivity contribution >= 4 is 11.6 Å². The smallest absolute Gasteiger partial charge is 0.350 e. The van der Waals surface area contributed by atoms with Crippen molar-refractivity contribution in [1.82, 2.24) is 15.5 Å². The largest absolute Gasteiger partial charge is 0.405 e. The summed E-state index contributed by atoms with van der Waals surface area (Å²) in [7, 11) is 0. The Labute approximate surface area is 142 Å². The van der Waals surface area contributed by atoms with Gasteiger partial charge in [0, 0.05) is 50.4 Å². The number of nitro benzene ring substituents is 1. The molecular weight excluding hydrogens is 341 g/mol. The van der Waals surface area contributed by atoms with E-state index < -0.39 is 29.6 Å². The molecule has 1 saturated heterocycles. The molecule has 1 amide bonds. The first kappa shape index (κ1) is 19.1. The first-order valence-corrected chi connectivity index (χ1v) is 7.75. The van der Waals surface area contributed by atoms with Crippen molar-refractivity contribution in [3.63, 3.8) is 0 Å². The Hall–Kier alpha value is -2.20. The number of nitrogens with one attached hydrogen (secondary N) is 2. The lowest BCUT2D eigenvalue weighted by atomic mass is 10.1. The summed E-state index contributed by atoms with van der Waals surface area (Å²) >= 11 is 0. The molecule has 138 valence electrons. The van der Waals surface area contributed by atoms with Crippen LogP contribution in [0.5, 0.6) is 0 Å². The van der Waals surface area contributed by atoms with Crippen molar-refractivity contribution in [2.75, 3.05) is 32.7 Å². The van der Waals surface area contributed by atoms with Crippen LogP contribution in [0.1, 0.15) is 15.9 Å². The van der Waals surface area contributed by atoms with E-state index in [1.54, 1.807) is 6.92 Å². The van der Waals surface area contributed by atoms with E-state index in [4.69, 9.17) is 0 Å². The van der Waals surface area contributed by atoms with Crippen LogP contribution in [0.15, 0.2) is 18.2 Å². The minimum atomic E-state index is -4.48. The number of piperazine rings is 1. The number of rotatable bonds is 5. The van der Waals surface area contributed by atoms with Crippen LogP contribution in [0.2, 0.25) is 0 Å². The molecule has 1 unspecified atom stereocenters. The number of aryl methyl sites for hydroxylation is 1. The molecule has 25 heavy (non-hydrogen) atoms. The van der Waals surface area contributed by atoms with Gasteiger partial charge in [0.05, 0.1) is 4.92 Å². The number of hydrogen-bond acceptors (Lipinski definition) is 5. The molecule has 0 radical (unpaired) electrons. The Morgan fingerprint density at radius 3 is 2.60 bits per heavy atom. The Morgan fingerprint density at radius 1 is 1.40 bits per heavy atom. The molecule has 2 rings (SSSR count). The lowest BCUT2D eigenvalue weighted by molar-refractivity contribution is -0.384. The van der Waals surface area contributed by atoms with Gasteiger partial charge in [-0.2, -0.15) is 13.2 Å². The van der Waals surface area contributed by atoms with E-state index in [2.05, 4.69) is 10.6 Å². The molecule has 10 heteroatoms. The van der Waals surface area contributed by atoms with E-state index in [1.807, 2.05) is 0 Å². The number of nitrogens with zero attached hydrogens (tertiary/aromatic N) is 2. The van der Waals surface area contributed by atoms with Crippen molar-refractivity contribution < 1.29 is 22.9 Å². The van der Waals surface area contributed by atoms with Gasteiger partial charge in [-0.15, -0.1) is 0 Å². The standard InChI is InChI=1S/C15H19F3N4O3/c1-10-2-3-11(22(24)25)8-12(10)14(23)20-9-13(15(16,17)18)21-6-4-19-5-7-21/h2-3,8,13,19H,4-7,9H2,1H3,(H,20,23). The van der Waals surface area contributed by atoms with Crippen LogP contribution in [-0.4, -0.2) is 60.7 Å². The molecule has 1 fully saturated rings. The minimum Gasteiger partial charge on any atom is -0.350 e. The van der Waals surface area contributed by atoms with Gasteiger partial charge in [-0.25, -0.2) is 0 Å². The summed E-state index contributed by atoms with van der Waals surface area (Å²) in [4.78, 5) is 23.6. The summed E-state index contributed by atoms with van der Waals surface area (Å²) in [6.07, 6.45) is -4.48. The number of halogens is 3. The number of carbonyl (C=O) groups is 1. The zero-order chi connectivity index (χ0) is 18.6. The maximum absolute atomic E-state index is 13.3. The number of benzene rings is 1. The predicted molar refractivity (Wildman–Crippen MR) is 84.5 cm³/mol. The fourth-order valence-corrected chi connectivity index (χ4v) is 2.70. The summed E-state index contributed by atoms with van der Waals surface area (Å²) < 4.78 is 39.9. The molecule has 7 nitrogen and oxygen atoms in total. The van der Waals surface area contributed by atoms with Gasteiger partial charge in [-0.1, -0.05) is 6.07 Å². The van der Waals surface area contributed by atoms with Crippen LogP contribution in [0, 0.1) is 17.0 Å². The van der Waals surface area contributed by atoms with Crippen molar-refractivity contribution in [3.05, 3.63) is 39.4 Å². The first-order chi connectivity index (χ1) is 11.7. The maximum atomic E-state index is 13.3. The highest BCUT2D eigenvalue weighted by Crippen LogP contribution is 2.25. The number of carbonyl (C=O) groups excluding carboxylic acids is 1. The van der Waals surface area contributed by atoms with E-state index in [0.717, 1.165) is 6.07 Å². The highest BCUT2D eigenvalue weighted by Gasteiger charge is 2.43. The molecule has 1 aromatic carbocycles. The number of non-ortho nitro benzene ring substituents is 1. The Bertz CT molecular complexity index is 645. The topological polar surface area (TPSA) is 87.5 Å². The van der Waals surface area contributed by atoms with Gasteiger partial charge in [0.25, 0.3) is 11.6 Å². The number of alkyl halides is 3. The normalized spacial score (nSPS) is 17.1. The van der Waals surface area contributed by atoms with Gasteiger partial charge < -0.3 is 10.6 Å². The van der Waals surface area contributed by atoms with Crippen molar-refractivity contribution in [3.8, 4) is 0 Å². The molecule has 0 bridgehead atoms. The minimum absolute atomic E-state index is 0.00423. The van der Waals surface area contributed by atoms with E-state index >= 15 is 0 Å². The molecule has 0 spiro atoms. The number of amides is 1. The van der Waals surface area contributed by atoms with Crippen LogP contribution in [0.4, 0.5) is 18.9 Å². The summed E-state index contributed by atoms with van der Waals surface area (Å²) in [6, 6.07) is 1.91. The molecule has 0 aliphatic carbocycles. The Kier molecular flexibility index (Phi) is 5.96.